The fraction of sp³-hybridized carbons (Fsp3) is 0.296. The zero-order chi connectivity index (χ0) is 21.8. The van der Waals surface area contributed by atoms with Gasteiger partial charge in [-0.25, -0.2) is 0 Å². The number of hydrogen-bond donors (Lipinski definition) is 0. The lowest BCUT2D eigenvalue weighted by atomic mass is 9.94. The summed E-state index contributed by atoms with van der Waals surface area (Å²) in [6.07, 6.45) is 0.468. The molecule has 31 heavy (non-hydrogen) atoms. The summed E-state index contributed by atoms with van der Waals surface area (Å²) in [5, 5.41) is 0.719. The van der Waals surface area contributed by atoms with Crippen LogP contribution in [0.5, 0.6) is 0 Å². The van der Waals surface area contributed by atoms with Crippen molar-refractivity contribution >= 4 is 23.1 Å². The highest BCUT2D eigenvalue weighted by atomic mass is 35.5. The highest BCUT2D eigenvalue weighted by Crippen LogP contribution is 2.29. The van der Waals surface area contributed by atoms with E-state index < -0.39 is 0 Å². The minimum Gasteiger partial charge on any atom is -0.369 e. The third-order valence-corrected chi connectivity index (χ3v) is 6.59. The average molecular weight is 433 g/mol. The number of ketones is 1. The summed E-state index contributed by atoms with van der Waals surface area (Å²) in [5.74, 6) is 0.188. The molecule has 1 saturated heterocycles. The Morgan fingerprint density at radius 2 is 1.55 bits per heavy atom. The Bertz CT molecular complexity index is 1020. The lowest BCUT2D eigenvalue weighted by molar-refractivity contribution is 0.0910. The molecule has 0 spiro atoms. The van der Waals surface area contributed by atoms with Gasteiger partial charge in [-0.2, -0.15) is 0 Å². The smallest absolute Gasteiger partial charge is 0.164 e. The molecule has 1 heterocycles. The number of Topliss-reactive ketones (excluding diaryl/α,β-unsaturated/α-hetero) is 1. The van der Waals surface area contributed by atoms with E-state index in [0.29, 0.717) is 6.42 Å². The Kier molecular flexibility index (Phi) is 6.74. The molecule has 0 N–H and O–H groups in total. The third-order valence-electron chi connectivity index (χ3n) is 6.34. The SMILES string of the molecule is Cc1ccc(C(=O)C[C@@H](c2ccc(Cl)cc2)N2CCN(c3ccccc3)CC2)cc1C. The first kappa shape index (κ1) is 21.6. The molecule has 0 radical (unpaired) electrons. The molecule has 1 aliphatic heterocycles. The Morgan fingerprint density at radius 1 is 0.871 bits per heavy atom. The topological polar surface area (TPSA) is 23.6 Å². The first-order valence-electron chi connectivity index (χ1n) is 10.9. The number of piperazine rings is 1. The van der Waals surface area contributed by atoms with Gasteiger partial charge in [-0.05, 0) is 60.9 Å². The summed E-state index contributed by atoms with van der Waals surface area (Å²) in [6.45, 7) is 7.88. The number of nitrogens with zero attached hydrogens (tertiary/aromatic N) is 2. The second-order valence-corrected chi connectivity index (χ2v) is 8.79. The Balaban J connectivity index is 1.53. The molecule has 1 aliphatic rings. The van der Waals surface area contributed by atoms with E-state index in [0.717, 1.165) is 47.9 Å². The lowest BCUT2D eigenvalue weighted by Crippen LogP contribution is -2.48. The van der Waals surface area contributed by atoms with Crippen molar-refractivity contribution in [3.63, 3.8) is 0 Å². The van der Waals surface area contributed by atoms with Crippen molar-refractivity contribution in [3.05, 3.63) is 100 Å². The molecule has 3 aromatic carbocycles. The maximum atomic E-state index is 13.2. The highest BCUT2D eigenvalue weighted by Gasteiger charge is 2.27. The van der Waals surface area contributed by atoms with Gasteiger partial charge in [0.05, 0.1) is 0 Å². The molecule has 4 rings (SSSR count). The number of carbonyl (C=O) groups excluding carboxylic acids is 1. The molecule has 0 saturated carbocycles. The van der Waals surface area contributed by atoms with Gasteiger partial charge < -0.3 is 4.90 Å². The van der Waals surface area contributed by atoms with Crippen molar-refractivity contribution in [2.45, 2.75) is 26.3 Å². The van der Waals surface area contributed by atoms with Crippen LogP contribution in [0.2, 0.25) is 5.02 Å². The van der Waals surface area contributed by atoms with Gasteiger partial charge in [-0.15, -0.1) is 0 Å². The molecule has 0 amide bonds. The molecule has 4 heteroatoms. The first-order chi connectivity index (χ1) is 15.0. The number of benzene rings is 3. The number of aryl methyl sites for hydroxylation is 2. The number of halogens is 1. The highest BCUT2D eigenvalue weighted by molar-refractivity contribution is 6.30. The van der Waals surface area contributed by atoms with Gasteiger partial charge in [0.1, 0.15) is 0 Å². The molecule has 0 bridgehead atoms. The molecule has 0 aliphatic carbocycles. The van der Waals surface area contributed by atoms with Crippen LogP contribution in [0.25, 0.3) is 0 Å². The number of hydrogen-bond acceptors (Lipinski definition) is 3. The van der Waals surface area contributed by atoms with Crippen LogP contribution in [0.15, 0.2) is 72.8 Å². The number of carbonyl (C=O) groups is 1. The Hall–Kier alpha value is -2.62. The minimum absolute atomic E-state index is 0.0456. The second kappa shape index (κ2) is 9.67. The molecule has 160 valence electrons. The number of para-hydroxylation sites is 1. The van der Waals surface area contributed by atoms with Crippen LogP contribution in [0.4, 0.5) is 5.69 Å². The summed E-state index contributed by atoms with van der Waals surface area (Å²) in [6, 6.07) is 24.6. The molecular weight excluding hydrogens is 404 g/mol. The monoisotopic (exact) mass is 432 g/mol. The number of anilines is 1. The van der Waals surface area contributed by atoms with Crippen LogP contribution in [0, 0.1) is 13.8 Å². The van der Waals surface area contributed by atoms with E-state index in [1.807, 2.05) is 30.3 Å². The average Bonchev–Trinajstić information content (AvgIpc) is 2.80. The van der Waals surface area contributed by atoms with Crippen LogP contribution in [-0.2, 0) is 0 Å². The van der Waals surface area contributed by atoms with Crippen LogP contribution < -0.4 is 4.90 Å². The molecular formula is C27H29ClN2O. The predicted molar refractivity (Wildman–Crippen MR) is 129 cm³/mol. The van der Waals surface area contributed by atoms with Crippen molar-refractivity contribution in [2.24, 2.45) is 0 Å². The standard InChI is InChI=1S/C27H29ClN2O/c1-20-8-9-23(18-21(20)2)27(31)19-26(22-10-12-24(28)13-11-22)30-16-14-29(15-17-30)25-6-4-3-5-7-25/h3-13,18,26H,14-17,19H2,1-2H3/t26-/m0/s1. The number of rotatable bonds is 6. The maximum absolute atomic E-state index is 13.2. The van der Waals surface area contributed by atoms with Crippen LogP contribution >= 0.6 is 11.6 Å². The fourth-order valence-electron chi connectivity index (χ4n) is 4.28. The van der Waals surface area contributed by atoms with E-state index in [1.165, 1.54) is 11.3 Å². The minimum atomic E-state index is 0.0456. The Morgan fingerprint density at radius 3 is 2.19 bits per heavy atom. The molecule has 1 fully saturated rings. The van der Waals surface area contributed by atoms with Gasteiger partial charge >= 0.3 is 0 Å². The molecule has 3 aromatic rings. The van der Waals surface area contributed by atoms with Gasteiger partial charge in [0.2, 0.25) is 0 Å². The van der Waals surface area contributed by atoms with E-state index in [2.05, 4.69) is 66.1 Å². The van der Waals surface area contributed by atoms with Gasteiger partial charge in [0, 0.05) is 54.9 Å². The lowest BCUT2D eigenvalue weighted by Gasteiger charge is -2.40. The molecule has 0 unspecified atom stereocenters. The zero-order valence-corrected chi connectivity index (χ0v) is 19.0. The van der Waals surface area contributed by atoms with Crippen LogP contribution in [0.3, 0.4) is 0 Å². The van der Waals surface area contributed by atoms with Crippen LogP contribution in [-0.4, -0.2) is 36.9 Å². The molecule has 3 nitrogen and oxygen atoms in total. The summed E-state index contributed by atoms with van der Waals surface area (Å²) < 4.78 is 0. The van der Waals surface area contributed by atoms with Gasteiger partial charge in [-0.3, -0.25) is 9.69 Å². The summed E-state index contributed by atoms with van der Waals surface area (Å²) >= 11 is 6.14. The normalized spacial score (nSPS) is 15.6. The van der Waals surface area contributed by atoms with E-state index in [4.69, 9.17) is 11.6 Å². The fourth-order valence-corrected chi connectivity index (χ4v) is 4.41. The Labute approximate surface area is 190 Å². The van der Waals surface area contributed by atoms with Crippen molar-refractivity contribution in [1.29, 1.82) is 0 Å². The first-order valence-corrected chi connectivity index (χ1v) is 11.3. The van der Waals surface area contributed by atoms with Gasteiger partial charge in [0.15, 0.2) is 5.78 Å². The van der Waals surface area contributed by atoms with Crippen LogP contribution in [0.1, 0.15) is 39.5 Å². The van der Waals surface area contributed by atoms with E-state index >= 15 is 0 Å². The summed E-state index contributed by atoms with van der Waals surface area (Å²) in [5.41, 5.74) is 5.57. The van der Waals surface area contributed by atoms with Crippen molar-refractivity contribution < 1.29 is 4.79 Å². The largest absolute Gasteiger partial charge is 0.369 e. The van der Waals surface area contributed by atoms with Crippen molar-refractivity contribution in [1.82, 2.24) is 4.90 Å². The van der Waals surface area contributed by atoms with Gasteiger partial charge in [0.25, 0.3) is 0 Å². The maximum Gasteiger partial charge on any atom is 0.164 e. The van der Waals surface area contributed by atoms with Gasteiger partial charge in [-0.1, -0.05) is 54.1 Å². The van der Waals surface area contributed by atoms with E-state index in [-0.39, 0.29) is 11.8 Å². The summed E-state index contributed by atoms with van der Waals surface area (Å²) in [4.78, 5) is 18.1. The third kappa shape index (κ3) is 5.17. The quantitative estimate of drug-likeness (QED) is 0.440. The van der Waals surface area contributed by atoms with Crippen molar-refractivity contribution in [2.75, 3.05) is 31.1 Å². The van der Waals surface area contributed by atoms with Crippen molar-refractivity contribution in [3.8, 4) is 0 Å². The zero-order valence-electron chi connectivity index (χ0n) is 18.2. The summed E-state index contributed by atoms with van der Waals surface area (Å²) in [7, 11) is 0. The molecule has 0 aromatic heterocycles. The molecule has 1 atom stereocenters. The van der Waals surface area contributed by atoms with E-state index in [1.54, 1.807) is 0 Å². The predicted octanol–water partition coefficient (Wildman–Crippen LogP) is 6.09. The van der Waals surface area contributed by atoms with E-state index in [9.17, 15) is 4.79 Å². The second-order valence-electron chi connectivity index (χ2n) is 8.35.